The SMILES string of the molecule is CC/C(=N\Nc1ccc([N+](=O)[O-])cc1S(=O)(=O)Nc1ccc(OC)cc1)c1ccc(O)cc1. The normalized spacial score (nSPS) is 11.6. The molecular weight excluding hydrogens is 448 g/mol. The number of hydrazone groups is 1. The van der Waals surface area contributed by atoms with Crippen LogP contribution < -0.4 is 14.9 Å². The lowest BCUT2D eigenvalue weighted by Crippen LogP contribution is -2.15. The lowest BCUT2D eigenvalue weighted by atomic mass is 10.1. The summed E-state index contributed by atoms with van der Waals surface area (Å²) in [7, 11) is -2.71. The lowest BCUT2D eigenvalue weighted by molar-refractivity contribution is -0.385. The lowest BCUT2D eigenvalue weighted by Gasteiger charge is -2.13. The van der Waals surface area contributed by atoms with E-state index in [-0.39, 0.29) is 27.7 Å². The van der Waals surface area contributed by atoms with Crippen molar-refractivity contribution in [3.63, 3.8) is 0 Å². The van der Waals surface area contributed by atoms with Gasteiger partial charge in [-0.05, 0) is 66.6 Å². The summed E-state index contributed by atoms with van der Waals surface area (Å²) in [5.74, 6) is 0.654. The van der Waals surface area contributed by atoms with Gasteiger partial charge in [-0.2, -0.15) is 5.10 Å². The van der Waals surface area contributed by atoms with Crippen molar-refractivity contribution in [3.8, 4) is 11.5 Å². The van der Waals surface area contributed by atoms with Gasteiger partial charge in [-0.3, -0.25) is 20.3 Å². The Balaban J connectivity index is 1.98. The molecule has 0 saturated carbocycles. The number of non-ortho nitro benzene ring substituents is 1. The molecular formula is C22H22N4O6S. The van der Waals surface area contributed by atoms with Gasteiger partial charge in [0.15, 0.2) is 0 Å². The minimum absolute atomic E-state index is 0.0614. The Morgan fingerprint density at radius 3 is 2.33 bits per heavy atom. The molecule has 0 atom stereocenters. The molecule has 10 nitrogen and oxygen atoms in total. The van der Waals surface area contributed by atoms with Gasteiger partial charge in [-0.1, -0.05) is 6.92 Å². The van der Waals surface area contributed by atoms with E-state index in [2.05, 4.69) is 15.2 Å². The third-order valence-electron chi connectivity index (χ3n) is 4.65. The van der Waals surface area contributed by atoms with Gasteiger partial charge in [0.25, 0.3) is 15.7 Å². The number of nitrogens with zero attached hydrogens (tertiary/aromatic N) is 2. The first-order chi connectivity index (χ1) is 15.7. The molecule has 0 unspecified atom stereocenters. The maximum absolute atomic E-state index is 13.1. The molecule has 0 bridgehead atoms. The summed E-state index contributed by atoms with van der Waals surface area (Å²) in [5.41, 5.74) is 3.98. The van der Waals surface area contributed by atoms with Crippen molar-refractivity contribution in [1.82, 2.24) is 0 Å². The summed E-state index contributed by atoms with van der Waals surface area (Å²) in [4.78, 5) is 10.2. The maximum Gasteiger partial charge on any atom is 0.270 e. The summed E-state index contributed by atoms with van der Waals surface area (Å²) in [6.45, 7) is 1.87. The highest BCUT2D eigenvalue weighted by Gasteiger charge is 2.23. The van der Waals surface area contributed by atoms with Crippen LogP contribution in [0.5, 0.6) is 11.5 Å². The number of anilines is 2. The van der Waals surface area contributed by atoms with Crippen LogP contribution in [0.15, 0.2) is 76.7 Å². The van der Waals surface area contributed by atoms with E-state index in [4.69, 9.17) is 4.74 Å². The summed E-state index contributed by atoms with van der Waals surface area (Å²) in [6.07, 6.45) is 0.511. The average molecular weight is 471 g/mol. The van der Waals surface area contributed by atoms with E-state index in [1.807, 2.05) is 6.92 Å². The van der Waals surface area contributed by atoms with Crippen molar-refractivity contribution in [1.29, 1.82) is 0 Å². The molecule has 3 aromatic rings. The molecule has 0 fully saturated rings. The van der Waals surface area contributed by atoms with Crippen LogP contribution in [0.4, 0.5) is 17.1 Å². The van der Waals surface area contributed by atoms with Gasteiger partial charge in [0.1, 0.15) is 16.4 Å². The number of phenols is 1. The quantitative estimate of drug-likeness (QED) is 0.240. The smallest absolute Gasteiger partial charge is 0.270 e. The predicted octanol–water partition coefficient (Wildman–Crippen LogP) is 4.34. The first kappa shape index (κ1) is 23.5. The van der Waals surface area contributed by atoms with E-state index in [1.165, 1.54) is 43.5 Å². The van der Waals surface area contributed by atoms with Crippen LogP contribution in [0.1, 0.15) is 18.9 Å². The summed E-state index contributed by atoms with van der Waals surface area (Å²) < 4.78 is 33.7. The highest BCUT2D eigenvalue weighted by atomic mass is 32.2. The van der Waals surface area contributed by atoms with Crippen LogP contribution in [-0.2, 0) is 10.0 Å². The standard InChI is InChI=1S/C22H22N4O6S/c1-3-20(15-4-9-18(27)10-5-15)23-24-21-13-8-17(26(28)29)14-22(21)33(30,31)25-16-6-11-19(32-2)12-7-16/h4-14,24-25,27H,3H2,1-2H3/b23-20+. The number of aromatic hydroxyl groups is 1. The second-order valence-corrected chi connectivity index (χ2v) is 8.49. The van der Waals surface area contributed by atoms with Crippen LogP contribution in [-0.4, -0.2) is 31.3 Å². The molecule has 0 spiro atoms. The van der Waals surface area contributed by atoms with E-state index in [0.29, 0.717) is 17.9 Å². The van der Waals surface area contributed by atoms with E-state index in [0.717, 1.165) is 11.6 Å². The Bertz CT molecular complexity index is 1270. The predicted molar refractivity (Wildman–Crippen MR) is 125 cm³/mol. The van der Waals surface area contributed by atoms with Crippen molar-refractivity contribution in [3.05, 3.63) is 82.4 Å². The van der Waals surface area contributed by atoms with E-state index in [9.17, 15) is 23.6 Å². The van der Waals surface area contributed by atoms with Gasteiger partial charge in [0, 0.05) is 17.8 Å². The molecule has 0 amide bonds. The number of ether oxygens (including phenoxy) is 1. The van der Waals surface area contributed by atoms with Crippen molar-refractivity contribution in [2.75, 3.05) is 17.3 Å². The van der Waals surface area contributed by atoms with Gasteiger partial charge < -0.3 is 9.84 Å². The molecule has 33 heavy (non-hydrogen) atoms. The fourth-order valence-electron chi connectivity index (χ4n) is 2.94. The molecule has 0 aliphatic heterocycles. The molecule has 0 aliphatic carbocycles. The number of nitrogens with one attached hydrogen (secondary N) is 2. The van der Waals surface area contributed by atoms with E-state index < -0.39 is 14.9 Å². The molecule has 0 aliphatic rings. The highest BCUT2D eigenvalue weighted by Crippen LogP contribution is 2.29. The number of rotatable bonds is 9. The number of phenolic OH excluding ortho intramolecular Hbond substituents is 1. The van der Waals surface area contributed by atoms with Gasteiger partial charge >= 0.3 is 0 Å². The van der Waals surface area contributed by atoms with Crippen LogP contribution in [0, 0.1) is 10.1 Å². The monoisotopic (exact) mass is 470 g/mol. The molecule has 0 aromatic heterocycles. The van der Waals surface area contributed by atoms with Crippen molar-refractivity contribution < 1.29 is 23.2 Å². The first-order valence-corrected chi connectivity index (χ1v) is 11.3. The number of hydrogen-bond acceptors (Lipinski definition) is 8. The number of hydrogen-bond donors (Lipinski definition) is 3. The molecule has 3 aromatic carbocycles. The molecule has 3 N–H and O–H groups in total. The second-order valence-electron chi connectivity index (χ2n) is 6.84. The minimum atomic E-state index is -4.20. The maximum atomic E-state index is 13.1. The zero-order chi connectivity index (χ0) is 24.0. The Hall–Kier alpha value is -4.12. The van der Waals surface area contributed by atoms with Gasteiger partial charge in [0.05, 0.1) is 23.4 Å². The van der Waals surface area contributed by atoms with Gasteiger partial charge in [-0.15, -0.1) is 0 Å². The van der Waals surface area contributed by atoms with E-state index in [1.54, 1.807) is 24.3 Å². The fraction of sp³-hybridized carbons (Fsp3) is 0.136. The number of methoxy groups -OCH3 is 1. The highest BCUT2D eigenvalue weighted by molar-refractivity contribution is 7.92. The first-order valence-electron chi connectivity index (χ1n) is 9.80. The Morgan fingerprint density at radius 2 is 1.76 bits per heavy atom. The molecule has 172 valence electrons. The third kappa shape index (κ3) is 5.77. The van der Waals surface area contributed by atoms with Crippen LogP contribution in [0.3, 0.4) is 0 Å². The zero-order valence-corrected chi connectivity index (χ0v) is 18.7. The Labute approximate surface area is 190 Å². The van der Waals surface area contributed by atoms with Crippen molar-refractivity contribution in [2.24, 2.45) is 5.10 Å². The minimum Gasteiger partial charge on any atom is -0.508 e. The number of sulfonamides is 1. The van der Waals surface area contributed by atoms with Crippen molar-refractivity contribution >= 4 is 32.8 Å². The van der Waals surface area contributed by atoms with Crippen LogP contribution in [0.2, 0.25) is 0 Å². The zero-order valence-electron chi connectivity index (χ0n) is 17.8. The molecule has 3 rings (SSSR count). The summed E-state index contributed by atoms with van der Waals surface area (Å²) in [6, 6.07) is 16.0. The Morgan fingerprint density at radius 1 is 1.09 bits per heavy atom. The fourth-order valence-corrected chi connectivity index (χ4v) is 4.17. The number of benzene rings is 3. The third-order valence-corrected chi connectivity index (χ3v) is 6.08. The van der Waals surface area contributed by atoms with Crippen LogP contribution >= 0.6 is 0 Å². The molecule has 11 heteroatoms. The average Bonchev–Trinajstić information content (AvgIpc) is 2.80. The number of nitro groups is 1. The molecule has 0 saturated heterocycles. The second kappa shape index (κ2) is 10.0. The van der Waals surface area contributed by atoms with Gasteiger partial charge in [0.2, 0.25) is 0 Å². The van der Waals surface area contributed by atoms with Crippen molar-refractivity contribution in [2.45, 2.75) is 18.2 Å². The van der Waals surface area contributed by atoms with Gasteiger partial charge in [-0.25, -0.2) is 8.42 Å². The summed E-state index contributed by atoms with van der Waals surface area (Å²) in [5, 5.41) is 25.0. The molecule has 0 radical (unpaired) electrons. The molecule has 0 heterocycles. The number of nitro benzene ring substituents is 1. The van der Waals surface area contributed by atoms with Crippen LogP contribution in [0.25, 0.3) is 0 Å². The largest absolute Gasteiger partial charge is 0.508 e. The Kier molecular flexibility index (Phi) is 7.13. The summed E-state index contributed by atoms with van der Waals surface area (Å²) >= 11 is 0. The van der Waals surface area contributed by atoms with E-state index >= 15 is 0 Å². The topological polar surface area (TPSA) is 143 Å².